The average Bonchev–Trinajstić information content (AvgIpc) is 2.20. The summed E-state index contributed by atoms with van der Waals surface area (Å²) in [7, 11) is 1.06. The van der Waals surface area contributed by atoms with Gasteiger partial charge in [0.2, 0.25) is 0 Å². The summed E-state index contributed by atoms with van der Waals surface area (Å²) in [5.41, 5.74) is 0. The fourth-order valence-electron chi connectivity index (χ4n) is 1.65. The van der Waals surface area contributed by atoms with Crippen molar-refractivity contribution in [2.45, 2.75) is 45.7 Å². The Balaban J connectivity index is 3.92. The highest BCUT2D eigenvalue weighted by Gasteiger charge is 2.15. The summed E-state index contributed by atoms with van der Waals surface area (Å²) in [4.78, 5) is 0. The van der Waals surface area contributed by atoms with E-state index in [9.17, 15) is 4.21 Å². The zero-order valence-electron chi connectivity index (χ0n) is 11.3. The van der Waals surface area contributed by atoms with Gasteiger partial charge in [-0.1, -0.05) is 13.8 Å². The molecule has 3 nitrogen and oxygen atoms in total. The first kappa shape index (κ1) is 16.1. The molecular weight excluding hydrogens is 222 g/mol. The van der Waals surface area contributed by atoms with Crippen LogP contribution in [-0.4, -0.2) is 42.0 Å². The molecule has 0 aromatic carbocycles. The standard InChI is InChI=1S/C12H27NO2S/c1-10(2)12(6-8-15-4)13-11(3)7-9-16(5)14/h10-13H,6-9H2,1-5H3. The fourth-order valence-corrected chi connectivity index (χ4v) is 2.33. The fraction of sp³-hybridized carbons (Fsp3) is 1.00. The molecule has 0 amide bonds. The topological polar surface area (TPSA) is 38.3 Å². The second kappa shape index (κ2) is 9.14. The predicted octanol–water partition coefficient (Wildman–Crippen LogP) is 1.79. The highest BCUT2D eigenvalue weighted by atomic mass is 32.2. The van der Waals surface area contributed by atoms with Crippen molar-refractivity contribution in [3.63, 3.8) is 0 Å². The van der Waals surface area contributed by atoms with Crippen LogP contribution in [-0.2, 0) is 15.5 Å². The van der Waals surface area contributed by atoms with E-state index in [1.807, 2.05) is 0 Å². The van der Waals surface area contributed by atoms with Gasteiger partial charge in [0.25, 0.3) is 0 Å². The van der Waals surface area contributed by atoms with Crippen molar-refractivity contribution in [1.82, 2.24) is 5.32 Å². The summed E-state index contributed by atoms with van der Waals surface area (Å²) in [6.45, 7) is 7.40. The van der Waals surface area contributed by atoms with Gasteiger partial charge in [-0.15, -0.1) is 0 Å². The maximum atomic E-state index is 11.0. The van der Waals surface area contributed by atoms with Crippen molar-refractivity contribution in [2.75, 3.05) is 25.7 Å². The SMILES string of the molecule is COCCC(NC(C)CCS(C)=O)C(C)C. The van der Waals surface area contributed by atoms with Crippen LogP contribution >= 0.6 is 0 Å². The lowest BCUT2D eigenvalue weighted by molar-refractivity contribution is 0.170. The third kappa shape index (κ3) is 8.25. The van der Waals surface area contributed by atoms with Crippen LogP contribution in [0.3, 0.4) is 0 Å². The van der Waals surface area contributed by atoms with Gasteiger partial charge in [-0.3, -0.25) is 4.21 Å². The third-order valence-electron chi connectivity index (χ3n) is 2.77. The smallest absolute Gasteiger partial charge is 0.0477 e. The van der Waals surface area contributed by atoms with Gasteiger partial charge in [-0.25, -0.2) is 0 Å². The molecule has 4 heteroatoms. The minimum atomic E-state index is -0.682. The van der Waals surface area contributed by atoms with Gasteiger partial charge in [-0.2, -0.15) is 0 Å². The molecule has 0 aliphatic heterocycles. The van der Waals surface area contributed by atoms with Crippen LogP contribution < -0.4 is 5.32 Å². The Labute approximate surface area is 103 Å². The lowest BCUT2D eigenvalue weighted by Gasteiger charge is -2.26. The van der Waals surface area contributed by atoms with Gasteiger partial charge in [0.1, 0.15) is 0 Å². The maximum absolute atomic E-state index is 11.0. The van der Waals surface area contributed by atoms with Crippen LogP contribution in [0, 0.1) is 5.92 Å². The summed E-state index contributed by atoms with van der Waals surface area (Å²) in [6.07, 6.45) is 3.77. The highest BCUT2D eigenvalue weighted by molar-refractivity contribution is 7.84. The minimum Gasteiger partial charge on any atom is -0.385 e. The molecule has 0 saturated carbocycles. The molecule has 0 aromatic heterocycles. The Morgan fingerprint density at radius 2 is 1.88 bits per heavy atom. The van der Waals surface area contributed by atoms with Crippen LogP contribution in [0.4, 0.5) is 0 Å². The Hall–Kier alpha value is 0.0700. The van der Waals surface area contributed by atoms with Crippen LogP contribution in [0.25, 0.3) is 0 Å². The molecule has 0 aliphatic carbocycles. The first-order valence-corrected chi connectivity index (χ1v) is 7.75. The number of hydrogen-bond donors (Lipinski definition) is 1. The lowest BCUT2D eigenvalue weighted by Crippen LogP contribution is -2.41. The zero-order valence-corrected chi connectivity index (χ0v) is 12.1. The number of ether oxygens (including phenoxy) is 1. The van der Waals surface area contributed by atoms with Crippen molar-refractivity contribution in [1.29, 1.82) is 0 Å². The molecule has 0 bridgehead atoms. The Morgan fingerprint density at radius 3 is 2.31 bits per heavy atom. The molecule has 0 heterocycles. The molecular formula is C12H27NO2S. The van der Waals surface area contributed by atoms with E-state index in [0.29, 0.717) is 18.0 Å². The lowest BCUT2D eigenvalue weighted by atomic mass is 10.00. The Bertz CT molecular complexity index is 197. The molecule has 0 aromatic rings. The Morgan fingerprint density at radius 1 is 1.25 bits per heavy atom. The predicted molar refractivity (Wildman–Crippen MR) is 71.3 cm³/mol. The van der Waals surface area contributed by atoms with Crippen LogP contribution in [0.2, 0.25) is 0 Å². The molecule has 0 fully saturated rings. The molecule has 0 spiro atoms. The summed E-state index contributed by atoms with van der Waals surface area (Å²) in [5, 5.41) is 3.59. The second-order valence-electron chi connectivity index (χ2n) is 4.77. The van der Waals surface area contributed by atoms with E-state index in [2.05, 4.69) is 26.1 Å². The summed E-state index contributed by atoms with van der Waals surface area (Å²) in [5.74, 6) is 1.38. The van der Waals surface area contributed by atoms with E-state index in [1.165, 1.54) is 0 Å². The molecule has 3 unspecified atom stereocenters. The van der Waals surface area contributed by atoms with Gasteiger partial charge < -0.3 is 10.1 Å². The Kier molecular flexibility index (Phi) is 9.18. The molecule has 0 rings (SSSR count). The highest BCUT2D eigenvalue weighted by Crippen LogP contribution is 2.08. The van der Waals surface area contributed by atoms with Crippen molar-refractivity contribution in [3.8, 4) is 0 Å². The molecule has 98 valence electrons. The molecule has 16 heavy (non-hydrogen) atoms. The normalized spacial score (nSPS) is 17.4. The van der Waals surface area contributed by atoms with E-state index in [1.54, 1.807) is 13.4 Å². The van der Waals surface area contributed by atoms with Crippen LogP contribution in [0.1, 0.15) is 33.6 Å². The second-order valence-corrected chi connectivity index (χ2v) is 6.32. The number of rotatable bonds is 9. The van der Waals surface area contributed by atoms with E-state index >= 15 is 0 Å². The summed E-state index contributed by atoms with van der Waals surface area (Å²) in [6, 6.07) is 0.911. The van der Waals surface area contributed by atoms with E-state index in [-0.39, 0.29) is 0 Å². The maximum Gasteiger partial charge on any atom is 0.0477 e. The van der Waals surface area contributed by atoms with Crippen LogP contribution in [0.5, 0.6) is 0 Å². The van der Waals surface area contributed by atoms with Gasteiger partial charge in [-0.05, 0) is 25.7 Å². The average molecular weight is 249 g/mol. The van der Waals surface area contributed by atoms with Gasteiger partial charge >= 0.3 is 0 Å². The number of methoxy groups -OCH3 is 1. The van der Waals surface area contributed by atoms with Crippen molar-refractivity contribution in [2.24, 2.45) is 5.92 Å². The number of nitrogens with one attached hydrogen (secondary N) is 1. The van der Waals surface area contributed by atoms with Crippen LogP contribution in [0.15, 0.2) is 0 Å². The monoisotopic (exact) mass is 249 g/mol. The zero-order chi connectivity index (χ0) is 12.6. The van der Waals surface area contributed by atoms with Crippen molar-refractivity contribution >= 4 is 10.8 Å². The first-order chi connectivity index (χ1) is 7.47. The molecule has 0 aliphatic rings. The molecule has 1 N–H and O–H groups in total. The van der Waals surface area contributed by atoms with E-state index in [4.69, 9.17) is 4.74 Å². The quantitative estimate of drug-likeness (QED) is 0.677. The van der Waals surface area contributed by atoms with E-state index in [0.717, 1.165) is 25.2 Å². The summed E-state index contributed by atoms with van der Waals surface area (Å²) < 4.78 is 16.1. The molecule has 0 radical (unpaired) electrons. The van der Waals surface area contributed by atoms with Crippen molar-refractivity contribution in [3.05, 3.63) is 0 Å². The largest absolute Gasteiger partial charge is 0.385 e. The third-order valence-corrected chi connectivity index (χ3v) is 3.59. The first-order valence-electron chi connectivity index (χ1n) is 6.02. The summed E-state index contributed by atoms with van der Waals surface area (Å²) >= 11 is 0. The van der Waals surface area contributed by atoms with E-state index < -0.39 is 10.8 Å². The van der Waals surface area contributed by atoms with Gasteiger partial charge in [0, 0.05) is 48.6 Å². The van der Waals surface area contributed by atoms with Crippen molar-refractivity contribution < 1.29 is 8.95 Å². The minimum absolute atomic E-state index is 0.424. The molecule has 3 atom stereocenters. The van der Waals surface area contributed by atoms with Gasteiger partial charge in [0.15, 0.2) is 0 Å². The number of hydrogen-bond acceptors (Lipinski definition) is 3. The molecule has 0 saturated heterocycles. The van der Waals surface area contributed by atoms with Gasteiger partial charge in [0.05, 0.1) is 0 Å².